The summed E-state index contributed by atoms with van der Waals surface area (Å²) in [7, 11) is 4.24. The quantitative estimate of drug-likeness (QED) is 0.439. The zero-order chi connectivity index (χ0) is 20.0. The topological polar surface area (TPSA) is 112 Å². The van der Waals surface area contributed by atoms with Gasteiger partial charge in [-0.3, -0.25) is 20.2 Å². The lowest BCUT2D eigenvalue weighted by Crippen LogP contribution is -2.34. The molecule has 1 amide bonds. The normalized spacial score (nSPS) is 9.89. The summed E-state index contributed by atoms with van der Waals surface area (Å²) in [6.45, 7) is 0. The van der Waals surface area contributed by atoms with Crippen LogP contribution >= 0.6 is 12.2 Å². The summed E-state index contributed by atoms with van der Waals surface area (Å²) in [5, 5.41) is 16.1. The molecule has 0 aliphatic carbocycles. The number of nitrogens with zero attached hydrogens (tertiary/aromatic N) is 1. The molecule has 0 aliphatic rings. The first-order valence-electron chi connectivity index (χ1n) is 7.57. The fourth-order valence-electron chi connectivity index (χ4n) is 2.29. The number of nitrogens with one attached hydrogen (secondary N) is 2. The number of anilines is 1. The van der Waals surface area contributed by atoms with Crippen molar-refractivity contribution in [3.8, 4) is 17.2 Å². The van der Waals surface area contributed by atoms with Gasteiger partial charge in [0, 0.05) is 6.07 Å². The van der Waals surface area contributed by atoms with Crippen molar-refractivity contribution < 1.29 is 23.9 Å². The number of amides is 1. The molecule has 2 aromatic rings. The van der Waals surface area contributed by atoms with E-state index in [-0.39, 0.29) is 22.1 Å². The van der Waals surface area contributed by atoms with Crippen LogP contribution in [0.25, 0.3) is 0 Å². The zero-order valence-electron chi connectivity index (χ0n) is 14.8. The van der Waals surface area contributed by atoms with Gasteiger partial charge in [-0.2, -0.15) is 0 Å². The molecule has 2 aromatic carbocycles. The number of nitro groups is 1. The summed E-state index contributed by atoms with van der Waals surface area (Å²) in [5.41, 5.74) is 0.411. The number of rotatable bonds is 6. The number of hydrogen-bond acceptors (Lipinski definition) is 7. The molecule has 0 atom stereocenters. The van der Waals surface area contributed by atoms with E-state index in [0.29, 0.717) is 17.2 Å². The molecular weight excluding hydrogens is 374 g/mol. The molecule has 142 valence electrons. The number of benzene rings is 2. The maximum Gasteiger partial charge on any atom is 0.273 e. The Kier molecular flexibility index (Phi) is 6.50. The predicted molar refractivity (Wildman–Crippen MR) is 103 cm³/mol. The molecule has 0 unspecified atom stereocenters. The lowest BCUT2D eigenvalue weighted by molar-refractivity contribution is -0.384. The van der Waals surface area contributed by atoms with Crippen molar-refractivity contribution in [3.05, 3.63) is 52.1 Å². The van der Waals surface area contributed by atoms with E-state index in [2.05, 4.69) is 10.6 Å². The van der Waals surface area contributed by atoms with E-state index in [1.165, 1.54) is 39.5 Å². The van der Waals surface area contributed by atoms with E-state index < -0.39 is 10.8 Å². The maximum atomic E-state index is 12.6. The predicted octanol–water partition coefficient (Wildman–Crippen LogP) is 2.75. The minimum absolute atomic E-state index is 0.0277. The monoisotopic (exact) mass is 391 g/mol. The number of methoxy groups -OCH3 is 3. The lowest BCUT2D eigenvalue weighted by Gasteiger charge is -2.15. The Balaban J connectivity index is 2.19. The molecule has 9 nitrogen and oxygen atoms in total. The van der Waals surface area contributed by atoms with Gasteiger partial charge >= 0.3 is 0 Å². The standard InChI is InChI=1S/C17H17N3O6S/c1-24-12-5-4-6-13(25-2)15(12)16(21)19-17(27)18-11-8-7-10(20(22)23)9-14(11)26-3/h4-9H,1-3H3,(H2,18,19,21,27). The molecule has 0 bridgehead atoms. The average Bonchev–Trinajstić information content (AvgIpc) is 2.66. The van der Waals surface area contributed by atoms with Crippen molar-refractivity contribution in [1.29, 1.82) is 0 Å². The van der Waals surface area contributed by atoms with Gasteiger partial charge in [-0.15, -0.1) is 0 Å². The minimum atomic E-state index is -0.541. The second-order valence-electron chi connectivity index (χ2n) is 5.09. The van der Waals surface area contributed by atoms with E-state index in [0.717, 1.165) is 0 Å². The first kappa shape index (κ1) is 19.9. The Hall–Kier alpha value is -3.40. The fourth-order valence-corrected chi connectivity index (χ4v) is 2.49. The van der Waals surface area contributed by atoms with Gasteiger partial charge in [-0.25, -0.2) is 0 Å². The Morgan fingerprint density at radius 1 is 1.04 bits per heavy atom. The molecule has 27 heavy (non-hydrogen) atoms. The van der Waals surface area contributed by atoms with Crippen LogP contribution in [-0.2, 0) is 0 Å². The summed E-state index contributed by atoms with van der Waals surface area (Å²) < 4.78 is 15.5. The molecule has 0 aromatic heterocycles. The van der Waals surface area contributed by atoms with Gasteiger partial charge in [0.05, 0.1) is 38.0 Å². The highest BCUT2D eigenvalue weighted by Gasteiger charge is 2.20. The second kappa shape index (κ2) is 8.81. The van der Waals surface area contributed by atoms with Crippen LogP contribution in [0.1, 0.15) is 10.4 Å². The van der Waals surface area contributed by atoms with E-state index in [1.54, 1.807) is 18.2 Å². The fraction of sp³-hybridized carbons (Fsp3) is 0.176. The number of nitro benzene ring substituents is 1. The number of carbonyl (C=O) groups is 1. The van der Waals surface area contributed by atoms with Crippen molar-refractivity contribution in [1.82, 2.24) is 5.32 Å². The maximum absolute atomic E-state index is 12.6. The third kappa shape index (κ3) is 4.61. The highest BCUT2D eigenvalue weighted by molar-refractivity contribution is 7.80. The first-order chi connectivity index (χ1) is 12.9. The van der Waals surface area contributed by atoms with Crippen LogP contribution in [0, 0.1) is 10.1 Å². The van der Waals surface area contributed by atoms with Gasteiger partial charge in [0.1, 0.15) is 22.8 Å². The highest BCUT2D eigenvalue weighted by atomic mass is 32.1. The molecule has 2 N–H and O–H groups in total. The second-order valence-corrected chi connectivity index (χ2v) is 5.50. The van der Waals surface area contributed by atoms with E-state index in [4.69, 9.17) is 26.4 Å². The molecule has 0 saturated heterocycles. The first-order valence-corrected chi connectivity index (χ1v) is 7.97. The number of ether oxygens (including phenoxy) is 3. The molecular formula is C17H17N3O6S. The smallest absolute Gasteiger partial charge is 0.273 e. The van der Waals surface area contributed by atoms with Crippen LogP contribution in [0.5, 0.6) is 17.2 Å². The SMILES string of the molecule is COc1cc([N+](=O)[O-])ccc1NC(=S)NC(=O)c1c(OC)cccc1OC. The largest absolute Gasteiger partial charge is 0.496 e. The zero-order valence-corrected chi connectivity index (χ0v) is 15.6. The van der Waals surface area contributed by atoms with Crippen LogP contribution in [-0.4, -0.2) is 37.3 Å². The molecule has 0 saturated carbocycles. The van der Waals surface area contributed by atoms with Gasteiger partial charge in [0.25, 0.3) is 11.6 Å². The van der Waals surface area contributed by atoms with Gasteiger partial charge in [-0.05, 0) is 30.4 Å². The average molecular weight is 391 g/mol. The van der Waals surface area contributed by atoms with Crippen LogP contribution in [0.3, 0.4) is 0 Å². The third-order valence-electron chi connectivity index (χ3n) is 3.53. The number of hydrogen-bond donors (Lipinski definition) is 2. The molecule has 0 heterocycles. The van der Waals surface area contributed by atoms with Gasteiger partial charge < -0.3 is 19.5 Å². The van der Waals surface area contributed by atoms with Crippen molar-refractivity contribution in [2.75, 3.05) is 26.6 Å². The molecule has 2 rings (SSSR count). The van der Waals surface area contributed by atoms with Crippen LogP contribution < -0.4 is 24.8 Å². The van der Waals surface area contributed by atoms with Gasteiger partial charge in [-0.1, -0.05) is 6.07 Å². The van der Waals surface area contributed by atoms with Crippen LogP contribution in [0.15, 0.2) is 36.4 Å². The summed E-state index contributed by atoms with van der Waals surface area (Å²) in [4.78, 5) is 22.9. The summed E-state index contributed by atoms with van der Waals surface area (Å²) in [6, 6.07) is 8.89. The number of carbonyl (C=O) groups excluding carboxylic acids is 1. The Bertz CT molecular complexity index is 865. The molecule has 0 aliphatic heterocycles. The van der Waals surface area contributed by atoms with Crippen molar-refractivity contribution in [2.45, 2.75) is 0 Å². The molecule has 0 radical (unpaired) electrons. The summed E-state index contributed by atoms with van der Waals surface area (Å²) in [5.74, 6) is 0.309. The molecule has 0 spiro atoms. The minimum Gasteiger partial charge on any atom is -0.496 e. The van der Waals surface area contributed by atoms with Crippen LogP contribution in [0.4, 0.5) is 11.4 Å². The molecule has 0 fully saturated rings. The van der Waals surface area contributed by atoms with Gasteiger partial charge in [0.15, 0.2) is 5.11 Å². The lowest BCUT2D eigenvalue weighted by atomic mass is 10.1. The summed E-state index contributed by atoms with van der Waals surface area (Å²) in [6.07, 6.45) is 0. The third-order valence-corrected chi connectivity index (χ3v) is 3.73. The Morgan fingerprint density at radius 2 is 1.63 bits per heavy atom. The molecule has 10 heteroatoms. The number of non-ortho nitro benzene ring substituents is 1. The van der Waals surface area contributed by atoms with E-state index in [1.807, 2.05) is 0 Å². The van der Waals surface area contributed by atoms with Crippen molar-refractivity contribution in [2.24, 2.45) is 0 Å². The highest BCUT2D eigenvalue weighted by Crippen LogP contribution is 2.30. The van der Waals surface area contributed by atoms with Crippen LogP contribution in [0.2, 0.25) is 0 Å². The Labute approximate surface area is 160 Å². The van der Waals surface area contributed by atoms with Crippen molar-refractivity contribution in [3.63, 3.8) is 0 Å². The van der Waals surface area contributed by atoms with Gasteiger partial charge in [0.2, 0.25) is 0 Å². The number of thiocarbonyl (C=S) groups is 1. The summed E-state index contributed by atoms with van der Waals surface area (Å²) >= 11 is 5.15. The van der Waals surface area contributed by atoms with Crippen molar-refractivity contribution >= 4 is 34.6 Å². The van der Waals surface area contributed by atoms with E-state index >= 15 is 0 Å². The van der Waals surface area contributed by atoms with E-state index in [9.17, 15) is 14.9 Å². The Morgan fingerprint density at radius 3 is 2.15 bits per heavy atom.